The molecule has 0 saturated carbocycles. The Balaban J connectivity index is 1.62. The van der Waals surface area contributed by atoms with E-state index in [-0.39, 0.29) is 5.91 Å². The van der Waals surface area contributed by atoms with E-state index in [4.69, 9.17) is 4.98 Å². The van der Waals surface area contributed by atoms with Gasteiger partial charge >= 0.3 is 0 Å². The quantitative estimate of drug-likeness (QED) is 0.935. The third kappa shape index (κ3) is 3.83. The van der Waals surface area contributed by atoms with Crippen LogP contribution >= 0.6 is 0 Å². The van der Waals surface area contributed by atoms with Crippen LogP contribution in [0.25, 0.3) is 11.0 Å². The van der Waals surface area contributed by atoms with Crippen LogP contribution in [-0.2, 0) is 4.79 Å². The van der Waals surface area contributed by atoms with Crippen molar-refractivity contribution in [2.24, 2.45) is 5.92 Å². The minimum atomic E-state index is 0.283. The standard InChI is InChI=1S/C19H26N4O/c1-13(2)12-18(24)23-10-8-15(9-11-23)21-19-14(3)20-16-6-4-5-7-17(16)22-19/h4-7,13,15H,8-12H2,1-3H3,(H,21,22). The van der Waals surface area contributed by atoms with Crippen molar-refractivity contribution in [1.29, 1.82) is 0 Å². The van der Waals surface area contributed by atoms with E-state index in [2.05, 4.69) is 24.1 Å². The van der Waals surface area contributed by atoms with Gasteiger partial charge in [0.15, 0.2) is 0 Å². The van der Waals surface area contributed by atoms with Gasteiger partial charge in [0, 0.05) is 25.6 Å². The molecule has 1 N–H and O–H groups in total. The molecule has 1 aliphatic rings. The van der Waals surface area contributed by atoms with E-state index in [1.54, 1.807) is 0 Å². The van der Waals surface area contributed by atoms with E-state index >= 15 is 0 Å². The highest BCUT2D eigenvalue weighted by atomic mass is 16.2. The average Bonchev–Trinajstić information content (AvgIpc) is 2.55. The SMILES string of the molecule is Cc1nc2ccccc2nc1NC1CCN(C(=O)CC(C)C)CC1. The van der Waals surface area contributed by atoms with Gasteiger partial charge in [-0.2, -0.15) is 0 Å². The number of nitrogens with zero attached hydrogens (tertiary/aromatic N) is 3. The van der Waals surface area contributed by atoms with E-state index < -0.39 is 0 Å². The number of fused-ring (bicyclic) bond motifs is 1. The Morgan fingerprint density at radius 1 is 1.21 bits per heavy atom. The average molecular weight is 326 g/mol. The lowest BCUT2D eigenvalue weighted by atomic mass is 10.0. The summed E-state index contributed by atoms with van der Waals surface area (Å²) in [7, 11) is 0. The molecule has 1 aromatic carbocycles. The second kappa shape index (κ2) is 7.16. The van der Waals surface area contributed by atoms with Gasteiger partial charge in [0.1, 0.15) is 5.82 Å². The largest absolute Gasteiger partial charge is 0.366 e. The fourth-order valence-corrected chi connectivity index (χ4v) is 3.17. The fraction of sp³-hybridized carbons (Fsp3) is 0.526. The highest BCUT2D eigenvalue weighted by Crippen LogP contribution is 2.20. The molecule has 2 heterocycles. The summed E-state index contributed by atoms with van der Waals surface area (Å²) >= 11 is 0. The summed E-state index contributed by atoms with van der Waals surface area (Å²) in [6.07, 6.45) is 2.56. The smallest absolute Gasteiger partial charge is 0.222 e. The molecule has 0 unspecified atom stereocenters. The van der Waals surface area contributed by atoms with Crippen molar-refractivity contribution in [3.63, 3.8) is 0 Å². The summed E-state index contributed by atoms with van der Waals surface area (Å²) in [5.41, 5.74) is 2.76. The molecule has 0 radical (unpaired) electrons. The summed E-state index contributed by atoms with van der Waals surface area (Å²) in [5, 5.41) is 3.53. The maximum Gasteiger partial charge on any atom is 0.222 e. The summed E-state index contributed by atoms with van der Waals surface area (Å²) in [5.74, 6) is 1.56. The number of rotatable bonds is 4. The molecule has 1 aromatic heterocycles. The van der Waals surface area contributed by atoms with Crippen molar-refractivity contribution in [2.75, 3.05) is 18.4 Å². The molecule has 1 amide bonds. The lowest BCUT2D eigenvalue weighted by Gasteiger charge is -2.33. The summed E-state index contributed by atoms with van der Waals surface area (Å²) < 4.78 is 0. The van der Waals surface area contributed by atoms with E-state index in [0.717, 1.165) is 48.5 Å². The Morgan fingerprint density at radius 2 is 1.83 bits per heavy atom. The number of anilines is 1. The zero-order valence-corrected chi connectivity index (χ0v) is 14.7. The molecule has 2 aromatic rings. The number of carbonyl (C=O) groups excluding carboxylic acids is 1. The van der Waals surface area contributed by atoms with E-state index in [1.165, 1.54) is 0 Å². The normalized spacial score (nSPS) is 15.9. The number of benzene rings is 1. The van der Waals surface area contributed by atoms with Crippen LogP contribution in [0.15, 0.2) is 24.3 Å². The second-order valence-electron chi connectivity index (χ2n) is 7.04. The predicted octanol–water partition coefficient (Wildman–Crippen LogP) is 3.39. The Morgan fingerprint density at radius 3 is 2.46 bits per heavy atom. The van der Waals surface area contributed by atoms with Gasteiger partial charge in [-0.1, -0.05) is 26.0 Å². The lowest BCUT2D eigenvalue weighted by Crippen LogP contribution is -2.42. The number of hydrogen-bond acceptors (Lipinski definition) is 4. The summed E-state index contributed by atoms with van der Waals surface area (Å²) in [6, 6.07) is 8.28. The molecule has 1 fully saturated rings. The Hall–Kier alpha value is -2.17. The van der Waals surface area contributed by atoms with E-state index in [9.17, 15) is 4.79 Å². The molecule has 5 nitrogen and oxygen atoms in total. The van der Waals surface area contributed by atoms with E-state index in [0.29, 0.717) is 18.4 Å². The second-order valence-corrected chi connectivity index (χ2v) is 7.04. The first-order chi connectivity index (χ1) is 11.5. The number of hydrogen-bond donors (Lipinski definition) is 1. The van der Waals surface area contributed by atoms with Crippen LogP contribution in [-0.4, -0.2) is 39.9 Å². The number of likely N-dealkylation sites (tertiary alicyclic amines) is 1. The maximum absolute atomic E-state index is 12.2. The van der Waals surface area contributed by atoms with Crippen LogP contribution in [0.2, 0.25) is 0 Å². The first kappa shape index (κ1) is 16.7. The van der Waals surface area contributed by atoms with Crippen molar-refractivity contribution in [1.82, 2.24) is 14.9 Å². The highest BCUT2D eigenvalue weighted by Gasteiger charge is 2.23. The number of para-hydroxylation sites is 2. The Kier molecular flexibility index (Phi) is 4.97. The number of piperidine rings is 1. The molecular formula is C19H26N4O. The Bertz CT molecular complexity index is 720. The zero-order chi connectivity index (χ0) is 17.1. The third-order valence-corrected chi connectivity index (χ3v) is 4.52. The van der Waals surface area contributed by atoms with Gasteiger partial charge in [-0.3, -0.25) is 4.79 Å². The molecule has 1 aliphatic heterocycles. The number of aromatic nitrogens is 2. The van der Waals surface area contributed by atoms with Crippen molar-refractivity contribution in [2.45, 2.75) is 46.1 Å². The van der Waals surface area contributed by atoms with Crippen LogP contribution in [0.4, 0.5) is 5.82 Å². The number of aryl methyl sites for hydroxylation is 1. The van der Waals surface area contributed by atoms with Gasteiger partial charge in [0.25, 0.3) is 0 Å². The molecule has 5 heteroatoms. The van der Waals surface area contributed by atoms with E-state index in [1.807, 2.05) is 36.1 Å². The van der Waals surface area contributed by atoms with Crippen molar-refractivity contribution < 1.29 is 4.79 Å². The van der Waals surface area contributed by atoms with Crippen LogP contribution in [0.3, 0.4) is 0 Å². The Labute approximate surface area is 143 Å². The summed E-state index contributed by atoms with van der Waals surface area (Å²) in [4.78, 5) is 23.5. The van der Waals surface area contributed by atoms with Crippen molar-refractivity contribution in [3.05, 3.63) is 30.0 Å². The maximum atomic E-state index is 12.2. The molecule has 1 saturated heterocycles. The molecule has 24 heavy (non-hydrogen) atoms. The zero-order valence-electron chi connectivity index (χ0n) is 14.7. The van der Waals surface area contributed by atoms with Gasteiger partial charge in [-0.15, -0.1) is 0 Å². The lowest BCUT2D eigenvalue weighted by molar-refractivity contribution is -0.132. The molecule has 3 rings (SSSR count). The van der Waals surface area contributed by atoms with Crippen molar-refractivity contribution >= 4 is 22.8 Å². The van der Waals surface area contributed by atoms with Crippen LogP contribution in [0, 0.1) is 12.8 Å². The van der Waals surface area contributed by atoms with Gasteiger partial charge in [-0.05, 0) is 37.8 Å². The molecule has 0 bridgehead atoms. The third-order valence-electron chi connectivity index (χ3n) is 4.52. The van der Waals surface area contributed by atoms with Crippen LogP contribution in [0.5, 0.6) is 0 Å². The van der Waals surface area contributed by atoms with Gasteiger partial charge < -0.3 is 10.2 Å². The first-order valence-electron chi connectivity index (χ1n) is 8.80. The summed E-state index contributed by atoms with van der Waals surface area (Å²) in [6.45, 7) is 7.82. The van der Waals surface area contributed by atoms with Crippen LogP contribution < -0.4 is 5.32 Å². The number of nitrogens with one attached hydrogen (secondary N) is 1. The highest BCUT2D eigenvalue weighted by molar-refractivity contribution is 5.77. The number of carbonyl (C=O) groups is 1. The number of amides is 1. The van der Waals surface area contributed by atoms with Crippen LogP contribution in [0.1, 0.15) is 38.8 Å². The molecular weight excluding hydrogens is 300 g/mol. The monoisotopic (exact) mass is 326 g/mol. The molecule has 0 aliphatic carbocycles. The minimum absolute atomic E-state index is 0.283. The van der Waals surface area contributed by atoms with Gasteiger partial charge in [-0.25, -0.2) is 9.97 Å². The molecule has 0 spiro atoms. The predicted molar refractivity (Wildman–Crippen MR) is 97.0 cm³/mol. The van der Waals surface area contributed by atoms with Gasteiger partial charge in [0.2, 0.25) is 5.91 Å². The van der Waals surface area contributed by atoms with Crippen molar-refractivity contribution in [3.8, 4) is 0 Å². The minimum Gasteiger partial charge on any atom is -0.366 e. The topological polar surface area (TPSA) is 58.1 Å². The first-order valence-corrected chi connectivity index (χ1v) is 8.80. The molecule has 128 valence electrons. The fourth-order valence-electron chi connectivity index (χ4n) is 3.17. The van der Waals surface area contributed by atoms with Gasteiger partial charge in [0.05, 0.1) is 16.7 Å². The molecule has 0 atom stereocenters.